The third kappa shape index (κ3) is 4.42. The number of carbonyl (C=O) groups is 1. The summed E-state index contributed by atoms with van der Waals surface area (Å²) in [6, 6.07) is 4.54. The van der Waals surface area contributed by atoms with E-state index in [9.17, 15) is 20.0 Å². The lowest BCUT2D eigenvalue weighted by Crippen LogP contribution is -2.37. The number of aliphatic hydroxyl groups excluding tert-OH is 1. The first-order chi connectivity index (χ1) is 9.90. The minimum absolute atomic E-state index is 0.0487. The molecule has 1 amide bonds. The normalized spacial score (nSPS) is 10.3. The molecule has 1 N–H and O–H groups in total. The second-order valence-corrected chi connectivity index (χ2v) is 4.94. The van der Waals surface area contributed by atoms with E-state index in [1.807, 2.05) is 11.8 Å². The van der Waals surface area contributed by atoms with Gasteiger partial charge in [0, 0.05) is 32.4 Å². The number of amides is 1. The zero-order valence-electron chi connectivity index (χ0n) is 12.6. The first-order valence-corrected chi connectivity index (χ1v) is 6.74. The molecule has 0 aliphatic rings. The molecule has 0 saturated heterocycles. The van der Waals surface area contributed by atoms with Crippen LogP contribution in [0.1, 0.15) is 18.9 Å². The molecule has 0 heterocycles. The molecular formula is C14H21N3O4. The topological polar surface area (TPSA) is 86.9 Å². The number of nitro benzene ring substituents is 1. The van der Waals surface area contributed by atoms with Gasteiger partial charge in [-0.05, 0) is 18.6 Å². The first-order valence-electron chi connectivity index (χ1n) is 6.74. The van der Waals surface area contributed by atoms with Crippen molar-refractivity contribution in [1.82, 2.24) is 4.90 Å². The largest absolute Gasteiger partial charge is 0.391 e. The molecule has 0 aliphatic heterocycles. The second-order valence-electron chi connectivity index (χ2n) is 4.94. The highest BCUT2D eigenvalue weighted by atomic mass is 16.6. The van der Waals surface area contributed by atoms with Gasteiger partial charge in [-0.1, -0.05) is 6.92 Å². The van der Waals surface area contributed by atoms with Crippen molar-refractivity contribution < 1.29 is 14.8 Å². The van der Waals surface area contributed by atoms with Gasteiger partial charge in [0.05, 0.1) is 23.6 Å². The molecule has 0 bridgehead atoms. The van der Waals surface area contributed by atoms with E-state index in [2.05, 4.69) is 0 Å². The number of anilines is 1. The van der Waals surface area contributed by atoms with Crippen LogP contribution in [-0.4, -0.2) is 48.0 Å². The Labute approximate surface area is 123 Å². The van der Waals surface area contributed by atoms with E-state index < -0.39 is 11.5 Å². The van der Waals surface area contributed by atoms with Gasteiger partial charge in [0.15, 0.2) is 0 Å². The number of aliphatic hydroxyl groups is 1. The van der Waals surface area contributed by atoms with Crippen molar-refractivity contribution in [2.45, 2.75) is 20.0 Å². The van der Waals surface area contributed by atoms with Gasteiger partial charge in [-0.15, -0.1) is 0 Å². The van der Waals surface area contributed by atoms with E-state index in [-0.39, 0.29) is 23.7 Å². The molecule has 0 radical (unpaired) electrons. The quantitative estimate of drug-likeness (QED) is 0.607. The Morgan fingerprint density at radius 2 is 2.05 bits per heavy atom. The number of carbonyl (C=O) groups excluding carboxylic acids is 1. The number of nitrogens with zero attached hydrogens (tertiary/aromatic N) is 3. The van der Waals surface area contributed by atoms with E-state index in [0.717, 1.165) is 6.42 Å². The van der Waals surface area contributed by atoms with E-state index in [4.69, 9.17) is 0 Å². The molecule has 0 fully saturated rings. The van der Waals surface area contributed by atoms with E-state index in [1.165, 1.54) is 11.0 Å². The van der Waals surface area contributed by atoms with Gasteiger partial charge in [0.2, 0.25) is 5.91 Å². The van der Waals surface area contributed by atoms with Crippen LogP contribution in [0.15, 0.2) is 18.2 Å². The SMILES string of the molecule is CCCN(CC(=O)N(C)C)c1ccc([N+](=O)[O-])c(CO)c1. The molecule has 1 rings (SSSR count). The summed E-state index contributed by atoms with van der Waals surface area (Å²) in [6.07, 6.45) is 0.839. The Bertz CT molecular complexity index is 517. The van der Waals surface area contributed by atoms with Gasteiger partial charge in [-0.2, -0.15) is 0 Å². The fourth-order valence-corrected chi connectivity index (χ4v) is 1.95. The molecule has 1 aromatic rings. The van der Waals surface area contributed by atoms with Crippen LogP contribution in [0, 0.1) is 10.1 Å². The summed E-state index contributed by atoms with van der Waals surface area (Å²) in [6.45, 7) is 2.43. The Balaban J connectivity index is 3.08. The predicted octanol–water partition coefficient (Wildman–Crippen LogP) is 1.39. The lowest BCUT2D eigenvalue weighted by molar-refractivity contribution is -0.385. The summed E-state index contributed by atoms with van der Waals surface area (Å²) in [7, 11) is 3.36. The Hall–Kier alpha value is -2.15. The molecule has 0 unspecified atom stereocenters. The van der Waals surface area contributed by atoms with Crippen LogP contribution >= 0.6 is 0 Å². The van der Waals surface area contributed by atoms with Crippen molar-refractivity contribution in [2.75, 3.05) is 32.1 Å². The van der Waals surface area contributed by atoms with Gasteiger partial charge in [-0.3, -0.25) is 14.9 Å². The number of benzene rings is 1. The number of hydrogen-bond acceptors (Lipinski definition) is 5. The van der Waals surface area contributed by atoms with E-state index >= 15 is 0 Å². The fraction of sp³-hybridized carbons (Fsp3) is 0.500. The third-order valence-electron chi connectivity index (χ3n) is 3.11. The summed E-state index contributed by atoms with van der Waals surface area (Å²) >= 11 is 0. The molecule has 0 aromatic heterocycles. The molecule has 0 atom stereocenters. The number of rotatable bonds is 7. The molecule has 7 heteroatoms. The highest BCUT2D eigenvalue weighted by Gasteiger charge is 2.17. The molecular weight excluding hydrogens is 274 g/mol. The monoisotopic (exact) mass is 295 g/mol. The maximum atomic E-state index is 11.9. The molecule has 21 heavy (non-hydrogen) atoms. The van der Waals surface area contributed by atoms with Gasteiger partial charge in [0.25, 0.3) is 5.69 Å². The van der Waals surface area contributed by atoms with Crippen LogP contribution in [0.5, 0.6) is 0 Å². The van der Waals surface area contributed by atoms with E-state index in [0.29, 0.717) is 12.2 Å². The van der Waals surface area contributed by atoms with Crippen molar-refractivity contribution >= 4 is 17.3 Å². The zero-order chi connectivity index (χ0) is 16.0. The summed E-state index contributed by atoms with van der Waals surface area (Å²) in [4.78, 5) is 25.6. The molecule has 0 spiro atoms. The van der Waals surface area contributed by atoms with Crippen molar-refractivity contribution in [3.05, 3.63) is 33.9 Å². The maximum Gasteiger partial charge on any atom is 0.275 e. The smallest absolute Gasteiger partial charge is 0.275 e. The number of nitro groups is 1. The van der Waals surface area contributed by atoms with Crippen LogP contribution in [0.3, 0.4) is 0 Å². The van der Waals surface area contributed by atoms with Crippen LogP contribution in [-0.2, 0) is 11.4 Å². The van der Waals surface area contributed by atoms with Crippen molar-refractivity contribution in [3.8, 4) is 0 Å². The van der Waals surface area contributed by atoms with Gasteiger partial charge >= 0.3 is 0 Å². The Kier molecular flexibility index (Phi) is 6.10. The third-order valence-corrected chi connectivity index (χ3v) is 3.11. The Morgan fingerprint density at radius 3 is 2.52 bits per heavy atom. The van der Waals surface area contributed by atoms with Crippen molar-refractivity contribution in [3.63, 3.8) is 0 Å². The highest BCUT2D eigenvalue weighted by Crippen LogP contribution is 2.25. The van der Waals surface area contributed by atoms with Crippen molar-refractivity contribution in [1.29, 1.82) is 0 Å². The minimum atomic E-state index is -0.523. The Morgan fingerprint density at radius 1 is 1.38 bits per heavy atom. The van der Waals surface area contributed by atoms with Crippen LogP contribution in [0.4, 0.5) is 11.4 Å². The summed E-state index contributed by atoms with van der Waals surface area (Å²) in [5, 5.41) is 20.2. The molecule has 0 saturated carbocycles. The van der Waals surface area contributed by atoms with Gasteiger partial charge in [-0.25, -0.2) is 0 Å². The second kappa shape index (κ2) is 7.58. The average Bonchev–Trinajstić information content (AvgIpc) is 2.45. The molecule has 116 valence electrons. The zero-order valence-corrected chi connectivity index (χ0v) is 12.6. The lowest BCUT2D eigenvalue weighted by atomic mass is 10.1. The average molecular weight is 295 g/mol. The van der Waals surface area contributed by atoms with Gasteiger partial charge < -0.3 is 14.9 Å². The summed E-state index contributed by atoms with van der Waals surface area (Å²) in [5.74, 6) is -0.0487. The van der Waals surface area contributed by atoms with E-state index in [1.54, 1.807) is 26.2 Å². The fourth-order valence-electron chi connectivity index (χ4n) is 1.95. The minimum Gasteiger partial charge on any atom is -0.391 e. The first kappa shape index (κ1) is 16.9. The standard InChI is InChI=1S/C14H21N3O4/c1-4-7-16(9-14(19)15(2)3)12-5-6-13(17(20)21)11(8-12)10-18/h5-6,8,18H,4,7,9-10H2,1-3H3. The number of hydrogen-bond donors (Lipinski definition) is 1. The predicted molar refractivity (Wildman–Crippen MR) is 80.2 cm³/mol. The van der Waals surface area contributed by atoms with Crippen LogP contribution in [0.2, 0.25) is 0 Å². The maximum absolute atomic E-state index is 11.9. The highest BCUT2D eigenvalue weighted by molar-refractivity contribution is 5.81. The molecule has 0 aliphatic carbocycles. The van der Waals surface area contributed by atoms with Crippen molar-refractivity contribution in [2.24, 2.45) is 0 Å². The van der Waals surface area contributed by atoms with Gasteiger partial charge in [0.1, 0.15) is 0 Å². The molecule has 7 nitrogen and oxygen atoms in total. The van der Waals surface area contributed by atoms with Crippen LogP contribution in [0.25, 0.3) is 0 Å². The summed E-state index contributed by atoms with van der Waals surface area (Å²) in [5.41, 5.74) is 0.828. The number of likely N-dealkylation sites (N-methyl/N-ethyl adjacent to an activating group) is 1. The lowest BCUT2D eigenvalue weighted by Gasteiger charge is -2.25. The summed E-state index contributed by atoms with van der Waals surface area (Å²) < 4.78 is 0. The molecule has 1 aromatic carbocycles. The van der Waals surface area contributed by atoms with Crippen LogP contribution < -0.4 is 4.90 Å².